The van der Waals surface area contributed by atoms with Gasteiger partial charge in [0.15, 0.2) is 0 Å². The van der Waals surface area contributed by atoms with Gasteiger partial charge < -0.3 is 10.3 Å². The van der Waals surface area contributed by atoms with Gasteiger partial charge in [-0.1, -0.05) is 50.5 Å². The smallest absolute Gasteiger partial charge is 0.328 e. The number of benzene rings is 2. The van der Waals surface area contributed by atoms with Gasteiger partial charge in [-0.3, -0.25) is 4.79 Å². The number of carbonyl (C=O) groups is 1. The molecule has 2 aromatic carbocycles. The van der Waals surface area contributed by atoms with Crippen molar-refractivity contribution in [2.75, 3.05) is 0 Å². The van der Waals surface area contributed by atoms with E-state index in [1.54, 1.807) is 18.2 Å². The predicted octanol–water partition coefficient (Wildman–Crippen LogP) is 3.49. The van der Waals surface area contributed by atoms with E-state index in [-0.39, 0.29) is 16.5 Å². The number of para-hydroxylation sites is 1. The summed E-state index contributed by atoms with van der Waals surface area (Å²) in [5.74, 6) is 0. The molecule has 0 spiro atoms. The molecule has 0 saturated heterocycles. The van der Waals surface area contributed by atoms with Crippen LogP contribution in [0, 0.1) is 0 Å². The molecule has 4 rings (SSSR count). The number of urea groups is 1. The molecule has 32 heavy (non-hydrogen) atoms. The van der Waals surface area contributed by atoms with E-state index in [1.807, 2.05) is 25.1 Å². The highest BCUT2D eigenvalue weighted by molar-refractivity contribution is 7.90. The quantitative estimate of drug-likeness (QED) is 0.555. The zero-order valence-corrected chi connectivity index (χ0v) is 18.8. The van der Waals surface area contributed by atoms with Crippen molar-refractivity contribution in [1.29, 1.82) is 0 Å². The van der Waals surface area contributed by atoms with Gasteiger partial charge in [0.2, 0.25) is 0 Å². The Morgan fingerprint density at radius 2 is 1.75 bits per heavy atom. The summed E-state index contributed by atoms with van der Waals surface area (Å²) < 4.78 is 26.3. The number of aromatic nitrogens is 2. The third kappa shape index (κ3) is 6.40. The summed E-state index contributed by atoms with van der Waals surface area (Å²) in [6.07, 6.45) is 7.42. The summed E-state index contributed by atoms with van der Waals surface area (Å²) in [5.41, 5.74) is 1.70. The molecule has 1 aromatic heterocycles. The van der Waals surface area contributed by atoms with E-state index in [0.717, 1.165) is 43.2 Å². The summed E-state index contributed by atoms with van der Waals surface area (Å²) in [5, 5.41) is 3.37. The summed E-state index contributed by atoms with van der Waals surface area (Å²) in [4.78, 5) is 29.5. The van der Waals surface area contributed by atoms with Crippen molar-refractivity contribution in [3.8, 4) is 0 Å². The molecule has 0 radical (unpaired) electrons. The molecule has 3 N–H and O–H groups in total. The fraction of sp³-hybridized carbons (Fsp3) is 0.348. The lowest BCUT2D eigenvalue weighted by Crippen LogP contribution is -2.45. The summed E-state index contributed by atoms with van der Waals surface area (Å²) >= 11 is 0. The lowest BCUT2D eigenvalue weighted by Gasteiger charge is -2.22. The third-order valence-corrected chi connectivity index (χ3v) is 6.70. The number of hydrogen-bond acceptors (Lipinski definition) is 5. The molecule has 0 unspecified atom stereocenters. The van der Waals surface area contributed by atoms with Crippen LogP contribution in [0.15, 0.2) is 64.5 Å². The van der Waals surface area contributed by atoms with Crippen molar-refractivity contribution in [3.63, 3.8) is 0 Å². The molecule has 8 nitrogen and oxygen atoms in total. The van der Waals surface area contributed by atoms with E-state index >= 15 is 0 Å². The van der Waals surface area contributed by atoms with Gasteiger partial charge in [-0.2, -0.15) is 0 Å². The van der Waals surface area contributed by atoms with Crippen LogP contribution in [0.5, 0.6) is 0 Å². The van der Waals surface area contributed by atoms with E-state index in [0.29, 0.717) is 5.39 Å². The Hall–Kier alpha value is -3.20. The molecular formula is C23H28N4O4S. The van der Waals surface area contributed by atoms with Crippen LogP contribution < -0.4 is 15.6 Å². The molecule has 1 saturated carbocycles. The van der Waals surface area contributed by atoms with Gasteiger partial charge in [-0.15, -0.1) is 0 Å². The number of H-pyrrole nitrogens is 1. The number of nitrogens with zero attached hydrogens (tertiary/aromatic N) is 1. The van der Waals surface area contributed by atoms with E-state index in [2.05, 4.69) is 20.0 Å². The summed E-state index contributed by atoms with van der Waals surface area (Å²) in [6.45, 7) is 2.00. The minimum absolute atomic E-state index is 0.0800. The molecule has 170 valence electrons. The third-order valence-electron chi connectivity index (χ3n) is 5.36. The maximum absolute atomic E-state index is 12.1. The number of fused-ring (bicyclic) bond motifs is 1. The number of carbonyl (C=O) groups excluding carboxylic acids is 1. The number of rotatable bonds is 4. The molecule has 3 aromatic rings. The second kappa shape index (κ2) is 10.9. The zero-order valence-electron chi connectivity index (χ0n) is 18.0. The Labute approximate surface area is 187 Å². The molecule has 2 amide bonds. The molecule has 1 aliphatic carbocycles. The number of aryl methyl sites for hydroxylation is 1. The largest absolute Gasteiger partial charge is 0.335 e. The Morgan fingerprint density at radius 1 is 1.06 bits per heavy atom. The molecule has 0 aliphatic heterocycles. The lowest BCUT2D eigenvalue weighted by molar-refractivity contribution is 0.237. The van der Waals surface area contributed by atoms with Gasteiger partial charge in [0.05, 0.1) is 22.1 Å². The van der Waals surface area contributed by atoms with E-state index in [4.69, 9.17) is 0 Å². The van der Waals surface area contributed by atoms with Gasteiger partial charge >= 0.3 is 6.03 Å². The number of amides is 2. The maximum Gasteiger partial charge on any atom is 0.328 e. The van der Waals surface area contributed by atoms with Crippen LogP contribution in [-0.4, -0.2) is 30.5 Å². The Kier molecular flexibility index (Phi) is 7.99. The van der Waals surface area contributed by atoms with Crippen LogP contribution >= 0.6 is 0 Å². The van der Waals surface area contributed by atoms with Crippen molar-refractivity contribution in [2.24, 2.45) is 0 Å². The first kappa shape index (κ1) is 23.5. The number of nitrogens with one attached hydrogen (secondary N) is 3. The Bertz CT molecular complexity index is 1200. The van der Waals surface area contributed by atoms with Crippen LogP contribution in [0.3, 0.4) is 0 Å². The number of sulfonamides is 1. The highest BCUT2D eigenvalue weighted by Crippen LogP contribution is 2.17. The molecule has 9 heteroatoms. The molecule has 1 fully saturated rings. The first-order valence-electron chi connectivity index (χ1n) is 10.7. The van der Waals surface area contributed by atoms with Crippen molar-refractivity contribution in [1.82, 2.24) is 20.0 Å². The van der Waals surface area contributed by atoms with Gasteiger partial charge in [0.1, 0.15) is 0 Å². The highest BCUT2D eigenvalue weighted by atomic mass is 32.2. The van der Waals surface area contributed by atoms with Crippen LogP contribution in [0.2, 0.25) is 0 Å². The van der Waals surface area contributed by atoms with Gasteiger partial charge in [0, 0.05) is 6.04 Å². The summed E-state index contributed by atoms with van der Waals surface area (Å²) in [7, 11) is -3.80. The van der Waals surface area contributed by atoms with E-state index < -0.39 is 16.1 Å². The monoisotopic (exact) mass is 456 g/mol. The van der Waals surface area contributed by atoms with Crippen molar-refractivity contribution >= 4 is 27.0 Å². The second-order valence-corrected chi connectivity index (χ2v) is 9.34. The fourth-order valence-electron chi connectivity index (χ4n) is 3.56. The predicted molar refractivity (Wildman–Crippen MR) is 124 cm³/mol. The van der Waals surface area contributed by atoms with Crippen LogP contribution in [-0.2, 0) is 16.4 Å². The number of aromatic amines is 1. The standard InChI is InChI=1S/C15H22N2O3S.C8H6N2O/c1-2-12-8-10-14(11-9-12)21(19,20)17-15(18)16-13-6-4-3-5-7-13;11-8-6-3-1-2-4-7(6)9-5-10-8/h8-11,13H,2-7H2,1H3,(H2,16,17,18);1-5H,(H,9,10,11). The second-order valence-electron chi connectivity index (χ2n) is 7.66. The molecule has 0 bridgehead atoms. The Balaban J connectivity index is 0.000000219. The first-order chi connectivity index (χ1) is 15.4. The lowest BCUT2D eigenvalue weighted by atomic mass is 9.96. The zero-order chi connectivity index (χ0) is 23.0. The van der Waals surface area contributed by atoms with Crippen LogP contribution in [0.1, 0.15) is 44.6 Å². The van der Waals surface area contributed by atoms with Crippen molar-refractivity contribution in [2.45, 2.75) is 56.4 Å². The first-order valence-corrected chi connectivity index (χ1v) is 12.2. The molecular weight excluding hydrogens is 428 g/mol. The van der Waals surface area contributed by atoms with E-state index in [1.165, 1.54) is 24.9 Å². The minimum atomic E-state index is -3.80. The SMILES string of the molecule is CCc1ccc(S(=O)(=O)NC(=O)NC2CCCCC2)cc1.O=c1[nH]cnc2ccccc12. The topological polar surface area (TPSA) is 121 Å². The fourth-order valence-corrected chi connectivity index (χ4v) is 4.48. The van der Waals surface area contributed by atoms with Gasteiger partial charge in [-0.25, -0.2) is 22.9 Å². The number of hydrogen-bond donors (Lipinski definition) is 3. The average Bonchev–Trinajstić information content (AvgIpc) is 2.80. The minimum Gasteiger partial charge on any atom is -0.335 e. The van der Waals surface area contributed by atoms with Crippen molar-refractivity contribution in [3.05, 3.63) is 70.8 Å². The normalized spacial score (nSPS) is 14.3. The van der Waals surface area contributed by atoms with Crippen LogP contribution in [0.25, 0.3) is 10.9 Å². The maximum atomic E-state index is 12.1. The summed E-state index contributed by atoms with van der Waals surface area (Å²) in [6, 6.07) is 13.2. The van der Waals surface area contributed by atoms with E-state index in [9.17, 15) is 18.0 Å². The van der Waals surface area contributed by atoms with Crippen molar-refractivity contribution < 1.29 is 13.2 Å². The molecule has 1 aliphatic rings. The molecule has 1 heterocycles. The van der Waals surface area contributed by atoms with Gasteiger partial charge in [-0.05, 0) is 49.1 Å². The highest BCUT2D eigenvalue weighted by Gasteiger charge is 2.20. The van der Waals surface area contributed by atoms with Crippen LogP contribution in [0.4, 0.5) is 4.79 Å². The Morgan fingerprint density at radius 3 is 2.41 bits per heavy atom. The van der Waals surface area contributed by atoms with Gasteiger partial charge in [0.25, 0.3) is 15.6 Å². The average molecular weight is 457 g/mol. The molecule has 0 atom stereocenters.